The summed E-state index contributed by atoms with van der Waals surface area (Å²) in [6, 6.07) is 5.74. The topological polar surface area (TPSA) is 12.4 Å². The summed E-state index contributed by atoms with van der Waals surface area (Å²) >= 11 is 7.47. The van der Waals surface area contributed by atoms with Crippen molar-refractivity contribution in [2.24, 2.45) is 4.99 Å². The largest absolute Gasteiger partial charge is 0.203 e. The van der Waals surface area contributed by atoms with E-state index in [1.165, 1.54) is 0 Å². The summed E-state index contributed by atoms with van der Waals surface area (Å²) in [6.45, 7) is 0. The number of hydrogen-bond acceptors (Lipinski definition) is 2. The predicted molar refractivity (Wildman–Crippen MR) is 49.0 cm³/mol. The molecule has 0 saturated carbocycles. The van der Waals surface area contributed by atoms with Crippen LogP contribution in [0.1, 0.15) is 0 Å². The summed E-state index contributed by atoms with van der Waals surface area (Å²) in [4.78, 5) is 5.13. The Kier molecular flexibility index (Phi) is 1.74. The van der Waals surface area contributed by atoms with E-state index in [1.807, 2.05) is 23.6 Å². The van der Waals surface area contributed by atoms with Gasteiger partial charge in [0.25, 0.3) is 0 Å². The summed E-state index contributed by atoms with van der Waals surface area (Å²) in [5.41, 5.74) is 0.835. The molecule has 1 aliphatic rings. The molecule has 0 saturated heterocycles. The third-order valence-corrected chi connectivity index (χ3v) is 2.48. The van der Waals surface area contributed by atoms with E-state index in [-0.39, 0.29) is 0 Å². The monoisotopic (exact) mass is 181 g/mol. The van der Waals surface area contributed by atoms with Crippen molar-refractivity contribution in [3.8, 4) is 0 Å². The number of hydrogen-bond donors (Lipinski definition) is 0. The average molecular weight is 182 g/mol. The van der Waals surface area contributed by atoms with Crippen molar-refractivity contribution in [1.82, 2.24) is 0 Å². The van der Waals surface area contributed by atoms with Crippen molar-refractivity contribution in [3.63, 3.8) is 0 Å². The molecule has 0 atom stereocenters. The van der Waals surface area contributed by atoms with Crippen molar-refractivity contribution >= 4 is 34.9 Å². The van der Waals surface area contributed by atoms with Crippen molar-refractivity contribution in [1.29, 1.82) is 0 Å². The summed E-state index contributed by atoms with van der Waals surface area (Å²) < 4.78 is 0. The van der Waals surface area contributed by atoms with Crippen molar-refractivity contribution in [2.45, 2.75) is 4.90 Å². The van der Waals surface area contributed by atoms with Gasteiger partial charge in [-0.15, -0.1) is 0 Å². The molecule has 0 unspecified atom stereocenters. The van der Waals surface area contributed by atoms with Gasteiger partial charge in [0.15, 0.2) is 0 Å². The fourth-order valence-electron chi connectivity index (χ4n) is 0.880. The first-order valence-corrected chi connectivity index (χ1v) is 4.37. The Morgan fingerprint density at radius 2 is 2.36 bits per heavy atom. The first kappa shape index (κ1) is 6.99. The van der Waals surface area contributed by atoms with Gasteiger partial charge in [-0.1, -0.05) is 29.4 Å². The lowest BCUT2D eigenvalue weighted by molar-refractivity contribution is 1.38. The van der Waals surface area contributed by atoms with Gasteiger partial charge in [-0.25, -0.2) is 4.99 Å². The molecule has 1 aromatic carbocycles. The van der Waals surface area contributed by atoms with Gasteiger partial charge in [0.2, 0.25) is 0 Å². The predicted octanol–water partition coefficient (Wildman–Crippen LogP) is 3.26. The van der Waals surface area contributed by atoms with Gasteiger partial charge in [-0.3, -0.25) is 0 Å². The highest BCUT2D eigenvalue weighted by molar-refractivity contribution is 8.02. The molecule has 0 spiro atoms. The molecule has 0 amide bonds. The minimum Gasteiger partial charge on any atom is -0.203 e. The van der Waals surface area contributed by atoms with Crippen molar-refractivity contribution < 1.29 is 0 Å². The fraction of sp³-hybridized carbons (Fsp3) is 0. The maximum absolute atomic E-state index is 5.88. The molecule has 0 aliphatic carbocycles. The van der Waals surface area contributed by atoms with E-state index in [1.54, 1.807) is 11.8 Å². The third-order valence-electron chi connectivity index (χ3n) is 1.36. The Labute approximate surface area is 73.8 Å². The first-order chi connectivity index (χ1) is 5.38. The molecule has 1 nitrogen and oxygen atoms in total. The van der Waals surface area contributed by atoms with E-state index in [0.717, 1.165) is 10.6 Å². The molecule has 0 radical (unpaired) electrons. The number of aliphatic imine (C=N–C) groups is 1. The lowest BCUT2D eigenvalue weighted by Gasteiger charge is -2.04. The molecule has 54 valence electrons. The summed E-state index contributed by atoms with van der Waals surface area (Å²) in [5.74, 6) is 2.76. The van der Waals surface area contributed by atoms with Crippen LogP contribution in [0.5, 0.6) is 0 Å². The van der Waals surface area contributed by atoms with Gasteiger partial charge in [0.05, 0.1) is 5.02 Å². The fourth-order valence-corrected chi connectivity index (χ4v) is 1.81. The van der Waals surface area contributed by atoms with Crippen LogP contribution in [0.2, 0.25) is 5.02 Å². The smallest absolute Gasteiger partial charge is 0.105 e. The number of fused-ring (bicyclic) bond motifs is 1. The highest BCUT2D eigenvalue weighted by atomic mass is 35.5. The number of rotatable bonds is 0. The zero-order valence-electron chi connectivity index (χ0n) is 5.54. The zero-order chi connectivity index (χ0) is 7.68. The number of thioether (sulfide) groups is 1. The molecule has 0 N–H and O–H groups in total. The van der Waals surface area contributed by atoms with Gasteiger partial charge in [0, 0.05) is 10.3 Å². The van der Waals surface area contributed by atoms with Crippen LogP contribution in [0.3, 0.4) is 0 Å². The van der Waals surface area contributed by atoms with E-state index < -0.39 is 0 Å². The SMILES string of the molecule is Clc1cccc2c1N=C=CS2. The maximum atomic E-state index is 5.88. The van der Waals surface area contributed by atoms with Crippen molar-refractivity contribution in [2.75, 3.05) is 0 Å². The van der Waals surface area contributed by atoms with Crippen LogP contribution in [0, 0.1) is 0 Å². The minimum absolute atomic E-state index is 0.690. The number of halogens is 1. The number of benzene rings is 1. The molecule has 0 fully saturated rings. The van der Waals surface area contributed by atoms with Gasteiger partial charge in [-0.2, -0.15) is 0 Å². The number of nitrogens with zero attached hydrogens (tertiary/aromatic N) is 1. The second-order valence-corrected chi connectivity index (χ2v) is 3.38. The molecule has 1 aliphatic heterocycles. The van der Waals surface area contributed by atoms with Crippen LogP contribution in [-0.4, -0.2) is 5.87 Å². The van der Waals surface area contributed by atoms with Crippen LogP contribution in [0.4, 0.5) is 5.69 Å². The van der Waals surface area contributed by atoms with Gasteiger partial charge in [-0.05, 0) is 18.0 Å². The van der Waals surface area contributed by atoms with Crippen molar-refractivity contribution in [3.05, 3.63) is 28.6 Å². The standard InChI is InChI=1S/C8H4ClNS/c9-6-2-1-3-7-8(6)10-4-5-11-7/h1-3,5H. The third kappa shape index (κ3) is 1.21. The molecule has 1 aromatic rings. The van der Waals surface area contributed by atoms with Crippen LogP contribution < -0.4 is 0 Å². The lowest BCUT2D eigenvalue weighted by atomic mass is 10.3. The van der Waals surface area contributed by atoms with E-state index >= 15 is 0 Å². The van der Waals surface area contributed by atoms with Crippen LogP contribution in [0.25, 0.3) is 0 Å². The molecule has 11 heavy (non-hydrogen) atoms. The molecular weight excluding hydrogens is 178 g/mol. The second-order valence-electron chi connectivity index (χ2n) is 2.06. The summed E-state index contributed by atoms with van der Waals surface area (Å²) in [5, 5.41) is 2.51. The Morgan fingerprint density at radius 3 is 3.18 bits per heavy atom. The lowest BCUT2D eigenvalue weighted by Crippen LogP contribution is -1.76. The van der Waals surface area contributed by atoms with E-state index in [2.05, 4.69) is 10.9 Å². The molecule has 1 heterocycles. The van der Waals surface area contributed by atoms with Gasteiger partial charge >= 0.3 is 0 Å². The van der Waals surface area contributed by atoms with Gasteiger partial charge < -0.3 is 0 Å². The molecule has 3 heteroatoms. The Balaban J connectivity index is 2.69. The summed E-state index contributed by atoms with van der Waals surface area (Å²) in [7, 11) is 0. The van der Waals surface area contributed by atoms with E-state index in [4.69, 9.17) is 11.6 Å². The Bertz CT molecular complexity index is 353. The average Bonchev–Trinajstić information content (AvgIpc) is 2.06. The minimum atomic E-state index is 0.690. The Morgan fingerprint density at radius 1 is 1.45 bits per heavy atom. The molecule has 0 aromatic heterocycles. The highest BCUT2D eigenvalue weighted by Crippen LogP contribution is 2.37. The summed E-state index contributed by atoms with van der Waals surface area (Å²) in [6.07, 6.45) is 0. The quantitative estimate of drug-likeness (QED) is 0.599. The van der Waals surface area contributed by atoms with E-state index in [0.29, 0.717) is 5.02 Å². The maximum Gasteiger partial charge on any atom is 0.105 e. The molecular formula is C8H4ClNS. The van der Waals surface area contributed by atoms with Crippen LogP contribution in [-0.2, 0) is 0 Å². The first-order valence-electron chi connectivity index (χ1n) is 3.11. The Hall–Kier alpha value is -0.690. The van der Waals surface area contributed by atoms with Crippen LogP contribution in [0.15, 0.2) is 33.5 Å². The molecule has 0 bridgehead atoms. The second kappa shape index (κ2) is 2.74. The number of para-hydroxylation sites is 1. The van der Waals surface area contributed by atoms with Crippen LogP contribution >= 0.6 is 23.4 Å². The molecule has 2 rings (SSSR count). The van der Waals surface area contributed by atoms with E-state index in [9.17, 15) is 0 Å². The van der Waals surface area contributed by atoms with Gasteiger partial charge in [0.1, 0.15) is 5.69 Å². The zero-order valence-corrected chi connectivity index (χ0v) is 7.12. The normalized spacial score (nSPS) is 13.2. The highest BCUT2D eigenvalue weighted by Gasteiger charge is 2.06.